The van der Waals surface area contributed by atoms with E-state index >= 15 is 0 Å². The minimum absolute atomic E-state index is 0.169. The number of nitrogens with zero attached hydrogens (tertiary/aromatic N) is 2. The molecule has 2 aromatic carbocycles. The Hall–Kier alpha value is -4.42. The minimum Gasteiger partial charge on any atom is -0.444 e. The van der Waals surface area contributed by atoms with E-state index in [-0.39, 0.29) is 11.8 Å². The number of carbonyl (C=O) groups is 4. The van der Waals surface area contributed by atoms with E-state index in [1.165, 1.54) is 9.80 Å². The predicted octanol–water partition coefficient (Wildman–Crippen LogP) is 6.89. The molecule has 2 aromatic heterocycles. The van der Waals surface area contributed by atoms with Gasteiger partial charge in [-0.3, -0.25) is 19.4 Å². The first-order valence-electron chi connectivity index (χ1n) is 16.5. The number of amides is 4. The number of benzene rings is 2. The molecule has 6 rings (SSSR count). The Morgan fingerprint density at radius 2 is 1.08 bits per heavy atom. The fourth-order valence-corrected chi connectivity index (χ4v) is 5.92. The summed E-state index contributed by atoms with van der Waals surface area (Å²) in [5, 5.41) is 8.92. The van der Waals surface area contributed by atoms with Gasteiger partial charge >= 0.3 is 12.2 Å². The van der Waals surface area contributed by atoms with E-state index in [9.17, 15) is 19.2 Å². The van der Waals surface area contributed by atoms with Crippen LogP contribution in [0, 0.1) is 0 Å². The van der Waals surface area contributed by atoms with Crippen LogP contribution in [0.4, 0.5) is 9.59 Å². The molecule has 0 saturated carbocycles. The highest BCUT2D eigenvalue weighted by Crippen LogP contribution is 2.26. The molecule has 14 heteroatoms. The molecule has 4 amide bonds. The number of fused-ring (bicyclic) bond motifs is 2. The number of ether oxygens (including phenoxy) is 2. The molecule has 12 nitrogen and oxygen atoms in total. The van der Waals surface area contributed by atoms with Crippen molar-refractivity contribution in [2.24, 2.45) is 0 Å². The van der Waals surface area contributed by atoms with Crippen molar-refractivity contribution in [2.45, 2.75) is 90.8 Å². The first kappa shape index (κ1) is 36.9. The van der Waals surface area contributed by atoms with E-state index in [0.29, 0.717) is 49.1 Å². The zero-order chi connectivity index (χ0) is 36.4. The molecule has 2 atom stereocenters. The number of nitrogens with one attached hydrogen (secondary N) is 4. The highest BCUT2D eigenvalue weighted by molar-refractivity contribution is 6.36. The van der Waals surface area contributed by atoms with Gasteiger partial charge in [0.25, 0.3) is 0 Å². The molecule has 0 spiro atoms. The topological polar surface area (TPSA) is 149 Å². The molecule has 4 aromatic rings. The van der Waals surface area contributed by atoms with Gasteiger partial charge in [-0.2, -0.15) is 0 Å². The van der Waals surface area contributed by atoms with E-state index in [4.69, 9.17) is 32.7 Å². The zero-order valence-electron chi connectivity index (χ0n) is 29.1. The maximum Gasteiger partial charge on any atom is 0.410 e. The van der Waals surface area contributed by atoms with Gasteiger partial charge in [0, 0.05) is 60.4 Å². The van der Waals surface area contributed by atoms with Crippen LogP contribution in [0.15, 0.2) is 48.8 Å². The summed E-state index contributed by atoms with van der Waals surface area (Å²) in [4.78, 5) is 58.0. The lowest BCUT2D eigenvalue weighted by molar-refractivity contribution is -0.131. The van der Waals surface area contributed by atoms with Gasteiger partial charge in [0.1, 0.15) is 23.3 Å². The first-order chi connectivity index (χ1) is 23.5. The van der Waals surface area contributed by atoms with Crippen LogP contribution in [0.3, 0.4) is 0 Å². The Kier molecular flexibility index (Phi) is 10.9. The summed E-state index contributed by atoms with van der Waals surface area (Å²) in [6.07, 6.45) is 3.88. The van der Waals surface area contributed by atoms with Gasteiger partial charge in [-0.05, 0) is 89.8 Å². The third-order valence-electron chi connectivity index (χ3n) is 8.23. The average molecular weight is 728 g/mol. The highest BCUT2D eigenvalue weighted by atomic mass is 35.5. The standard InChI is InChI=1S/2C18H22ClN3O3/c2*1-18(2,3)25-17(24)22-7-6-15(22)16(23)21-9-11-4-5-14-12(8-11)13(19)10-20-14/h2*4-5,8,10,15,20H,6-7,9H2,1-3H3,(H,21,23)/t2*15-/m00/s1. The number of aromatic nitrogens is 2. The first-order valence-corrected chi connectivity index (χ1v) is 17.3. The highest BCUT2D eigenvalue weighted by Gasteiger charge is 2.40. The fraction of sp³-hybridized carbons (Fsp3) is 0.444. The molecule has 0 radical (unpaired) electrons. The van der Waals surface area contributed by atoms with Crippen LogP contribution in [-0.4, -0.2) is 80.1 Å². The summed E-state index contributed by atoms with van der Waals surface area (Å²) in [6, 6.07) is 10.7. The largest absolute Gasteiger partial charge is 0.444 e. The molecular weight excluding hydrogens is 683 g/mol. The van der Waals surface area contributed by atoms with Crippen molar-refractivity contribution in [2.75, 3.05) is 13.1 Å². The van der Waals surface area contributed by atoms with Gasteiger partial charge < -0.3 is 30.1 Å². The normalized spacial score (nSPS) is 17.3. The summed E-state index contributed by atoms with van der Waals surface area (Å²) in [6.45, 7) is 12.7. The van der Waals surface area contributed by atoms with Crippen LogP contribution >= 0.6 is 23.2 Å². The van der Waals surface area contributed by atoms with Crippen molar-refractivity contribution < 1.29 is 28.7 Å². The Balaban J connectivity index is 0.000000194. The van der Waals surface area contributed by atoms with Gasteiger partial charge in [-0.1, -0.05) is 35.3 Å². The summed E-state index contributed by atoms with van der Waals surface area (Å²) in [5.41, 5.74) is 2.67. The van der Waals surface area contributed by atoms with Crippen molar-refractivity contribution in [3.63, 3.8) is 0 Å². The van der Waals surface area contributed by atoms with E-state index in [1.54, 1.807) is 12.4 Å². The third-order valence-corrected chi connectivity index (χ3v) is 8.85. The molecule has 0 aliphatic carbocycles. The Labute approximate surface area is 301 Å². The minimum atomic E-state index is -0.570. The Bertz CT molecular complexity index is 1750. The third kappa shape index (κ3) is 9.02. The van der Waals surface area contributed by atoms with Crippen LogP contribution in [-0.2, 0) is 32.2 Å². The molecule has 0 unspecified atom stereocenters. The molecular formula is C36H44Cl2N6O6. The predicted molar refractivity (Wildman–Crippen MR) is 193 cm³/mol. The van der Waals surface area contributed by atoms with Gasteiger partial charge in [-0.15, -0.1) is 0 Å². The van der Waals surface area contributed by atoms with Crippen molar-refractivity contribution in [3.05, 3.63) is 70.0 Å². The number of carbonyl (C=O) groups excluding carboxylic acids is 4. The maximum absolute atomic E-state index is 12.4. The lowest BCUT2D eigenvalue weighted by atomic mass is 10.0. The summed E-state index contributed by atoms with van der Waals surface area (Å²) >= 11 is 12.2. The number of rotatable bonds is 6. The number of halogens is 2. The second-order valence-electron chi connectivity index (χ2n) is 14.4. The van der Waals surface area contributed by atoms with Crippen molar-refractivity contribution in [1.29, 1.82) is 0 Å². The molecule has 2 saturated heterocycles. The molecule has 2 fully saturated rings. The summed E-state index contributed by atoms with van der Waals surface area (Å²) in [7, 11) is 0. The lowest BCUT2D eigenvalue weighted by Crippen LogP contribution is -2.59. The smallest absolute Gasteiger partial charge is 0.410 e. The molecule has 4 N–H and O–H groups in total. The molecule has 268 valence electrons. The van der Waals surface area contributed by atoms with E-state index in [0.717, 1.165) is 32.9 Å². The van der Waals surface area contributed by atoms with Gasteiger partial charge in [0.15, 0.2) is 0 Å². The maximum atomic E-state index is 12.4. The van der Waals surface area contributed by atoms with Gasteiger partial charge in [0.2, 0.25) is 11.8 Å². The Morgan fingerprint density at radius 1 is 0.700 bits per heavy atom. The van der Waals surface area contributed by atoms with Gasteiger partial charge in [0.05, 0.1) is 10.0 Å². The summed E-state index contributed by atoms with van der Waals surface area (Å²) < 4.78 is 10.7. The fourth-order valence-electron chi connectivity index (χ4n) is 5.50. The van der Waals surface area contributed by atoms with Gasteiger partial charge in [-0.25, -0.2) is 9.59 Å². The summed E-state index contributed by atoms with van der Waals surface area (Å²) in [5.74, 6) is -0.338. The van der Waals surface area contributed by atoms with Crippen LogP contribution in [0.5, 0.6) is 0 Å². The number of hydrogen-bond donors (Lipinski definition) is 4. The molecule has 0 bridgehead atoms. The second kappa shape index (κ2) is 14.8. The van der Waals surface area contributed by atoms with Crippen molar-refractivity contribution in [3.8, 4) is 0 Å². The number of aromatic amines is 2. The second-order valence-corrected chi connectivity index (χ2v) is 15.2. The number of likely N-dealkylation sites (tertiary alicyclic amines) is 2. The molecule has 2 aliphatic rings. The van der Waals surface area contributed by atoms with Crippen LogP contribution < -0.4 is 10.6 Å². The van der Waals surface area contributed by atoms with Crippen LogP contribution in [0.1, 0.15) is 65.5 Å². The van der Waals surface area contributed by atoms with E-state index in [2.05, 4.69) is 20.6 Å². The number of H-pyrrole nitrogens is 2. The Morgan fingerprint density at radius 3 is 1.40 bits per heavy atom. The molecule has 2 aliphatic heterocycles. The van der Waals surface area contributed by atoms with E-state index in [1.807, 2.05) is 77.9 Å². The lowest BCUT2D eigenvalue weighted by Gasteiger charge is -2.40. The zero-order valence-corrected chi connectivity index (χ0v) is 30.6. The molecule has 50 heavy (non-hydrogen) atoms. The quantitative estimate of drug-likeness (QED) is 0.170. The number of hydrogen-bond acceptors (Lipinski definition) is 6. The average Bonchev–Trinajstić information content (AvgIpc) is 3.53. The van der Waals surface area contributed by atoms with E-state index < -0.39 is 35.5 Å². The van der Waals surface area contributed by atoms with Crippen molar-refractivity contribution in [1.82, 2.24) is 30.4 Å². The van der Waals surface area contributed by atoms with Crippen LogP contribution in [0.2, 0.25) is 10.0 Å². The molecule has 4 heterocycles. The van der Waals surface area contributed by atoms with Crippen LogP contribution in [0.25, 0.3) is 21.8 Å². The van der Waals surface area contributed by atoms with Crippen molar-refractivity contribution >= 4 is 69.0 Å². The SMILES string of the molecule is CC(C)(C)OC(=O)N1CC[C@H]1C(=O)NCc1ccc2[nH]cc(Cl)c2c1.CC(C)(C)OC(=O)N1CC[C@H]1C(=O)NCc1ccc2[nH]cc(Cl)c2c1. The monoisotopic (exact) mass is 726 g/mol.